The number of halogens is 3. The van der Waals surface area contributed by atoms with E-state index in [1.54, 1.807) is 11.1 Å². The van der Waals surface area contributed by atoms with Crippen LogP contribution in [0.1, 0.15) is 46.4 Å². The van der Waals surface area contributed by atoms with E-state index in [0.717, 1.165) is 54.7 Å². The Kier molecular flexibility index (Phi) is 9.53. The van der Waals surface area contributed by atoms with Crippen molar-refractivity contribution in [2.75, 3.05) is 54.1 Å². The van der Waals surface area contributed by atoms with Crippen LogP contribution in [0, 0.1) is 17.2 Å². The number of carbonyl (C=O) groups excluding carboxylic acids is 1. The highest BCUT2D eigenvalue weighted by Crippen LogP contribution is 2.36. The summed E-state index contributed by atoms with van der Waals surface area (Å²) in [4.78, 5) is 20.6. The Labute approximate surface area is 255 Å². The number of carbonyl (C=O) groups is 1. The van der Waals surface area contributed by atoms with Crippen LogP contribution in [-0.2, 0) is 19.4 Å². The fourth-order valence-electron chi connectivity index (χ4n) is 5.47. The number of rotatable bonds is 5. The van der Waals surface area contributed by atoms with Gasteiger partial charge in [0.15, 0.2) is 21.1 Å². The molecule has 6 rings (SSSR count). The highest BCUT2D eigenvalue weighted by atomic mass is 32.2. The molecule has 2 saturated heterocycles. The van der Waals surface area contributed by atoms with Crippen LogP contribution in [0.4, 0.5) is 24.0 Å². The van der Waals surface area contributed by atoms with Crippen molar-refractivity contribution >= 4 is 37.9 Å². The fraction of sp³-hybridized carbons (Fsp3) is 0.621. The molecular weight excluding hydrogens is 603 g/mol. The Bertz CT molecular complexity index is 1410. The summed E-state index contributed by atoms with van der Waals surface area (Å²) in [6, 6.07) is 9.90. The van der Waals surface area contributed by atoms with Crippen molar-refractivity contribution < 1.29 is 32.5 Å². The lowest BCUT2D eigenvalue weighted by molar-refractivity contribution is -0.221. The molecule has 14 heteroatoms. The van der Waals surface area contributed by atoms with E-state index in [1.165, 1.54) is 17.8 Å². The predicted octanol–water partition coefficient (Wildman–Crippen LogP) is 4.80. The summed E-state index contributed by atoms with van der Waals surface area (Å²) in [6.07, 6.45) is 2.76. The van der Waals surface area contributed by atoms with Gasteiger partial charge in [-0.15, -0.1) is 0 Å². The van der Waals surface area contributed by atoms with E-state index in [-0.39, 0.29) is 37.9 Å². The number of sulfone groups is 1. The number of alkyl halides is 3. The van der Waals surface area contributed by atoms with Crippen molar-refractivity contribution in [2.24, 2.45) is 5.92 Å². The number of hydrogen-bond acceptors (Lipinski definition) is 9. The average Bonchev–Trinajstić information content (AvgIpc) is 3.60. The smallest absolute Gasteiger partial charge is 0.369 e. The molecule has 1 aromatic heterocycles. The number of nitriles is 1. The zero-order valence-corrected chi connectivity index (χ0v) is 25.4. The Morgan fingerprint density at radius 1 is 1.09 bits per heavy atom. The summed E-state index contributed by atoms with van der Waals surface area (Å²) in [5.74, 6) is 0.606. The molecule has 2 aliphatic heterocycles. The van der Waals surface area contributed by atoms with E-state index in [4.69, 9.17) is 10.00 Å². The monoisotopic (exact) mass is 641 g/mol. The van der Waals surface area contributed by atoms with Crippen LogP contribution >= 0.6 is 11.3 Å². The van der Waals surface area contributed by atoms with Gasteiger partial charge in [0.1, 0.15) is 5.54 Å². The van der Waals surface area contributed by atoms with Crippen molar-refractivity contribution in [3.8, 4) is 16.5 Å². The van der Waals surface area contributed by atoms with Crippen molar-refractivity contribution in [1.82, 2.24) is 10.3 Å². The molecule has 2 aliphatic carbocycles. The summed E-state index contributed by atoms with van der Waals surface area (Å²) in [5, 5.41) is 12.3. The highest BCUT2D eigenvalue weighted by molar-refractivity contribution is 7.91. The molecule has 0 radical (unpaired) electrons. The van der Waals surface area contributed by atoms with Crippen molar-refractivity contribution in [1.29, 1.82) is 5.26 Å². The van der Waals surface area contributed by atoms with E-state index in [0.29, 0.717) is 24.8 Å². The molecule has 2 saturated carbocycles. The minimum absolute atomic E-state index is 0. The molecule has 9 nitrogen and oxygen atoms in total. The van der Waals surface area contributed by atoms with Crippen LogP contribution in [0.5, 0.6) is 0 Å². The van der Waals surface area contributed by atoms with Gasteiger partial charge in [0.05, 0.1) is 35.6 Å². The number of aromatic nitrogens is 1. The molecular formula is C29H38F3N5O4S2. The Balaban J connectivity index is 0.000000248. The second-order valence-electron chi connectivity index (χ2n) is 11.6. The molecule has 0 bridgehead atoms. The lowest BCUT2D eigenvalue weighted by Gasteiger charge is -2.33. The summed E-state index contributed by atoms with van der Waals surface area (Å²) in [6.45, 7) is 1.08. The van der Waals surface area contributed by atoms with Crippen LogP contribution in [-0.4, -0.2) is 81.4 Å². The topological polar surface area (TPSA) is 116 Å². The van der Waals surface area contributed by atoms with Gasteiger partial charge < -0.3 is 19.9 Å². The number of hydrogen-bond donors (Lipinski definition) is 1. The lowest BCUT2D eigenvalue weighted by Crippen LogP contribution is -2.49. The largest absolute Gasteiger partial charge is 0.416 e. The molecule has 4 aliphatic rings. The number of morpholine rings is 1. The molecule has 1 aromatic carbocycles. The molecule has 1 atom stereocenters. The maximum Gasteiger partial charge on any atom is 0.416 e. The summed E-state index contributed by atoms with van der Waals surface area (Å²) >= 11 is 1.35. The first-order valence-electron chi connectivity index (χ1n) is 14.7. The van der Waals surface area contributed by atoms with E-state index < -0.39 is 27.7 Å². The number of nitrogens with zero attached hydrogens (tertiary/aromatic N) is 4. The van der Waals surface area contributed by atoms with E-state index >= 15 is 0 Å². The molecule has 236 valence electrons. The van der Waals surface area contributed by atoms with Gasteiger partial charge in [-0.2, -0.15) is 18.4 Å². The fourth-order valence-corrected chi connectivity index (χ4v) is 7.62. The minimum atomic E-state index is -4.39. The number of benzene rings is 1. The van der Waals surface area contributed by atoms with Gasteiger partial charge in [0, 0.05) is 38.9 Å². The van der Waals surface area contributed by atoms with Gasteiger partial charge >= 0.3 is 6.18 Å². The summed E-state index contributed by atoms with van der Waals surface area (Å²) < 4.78 is 66.8. The first-order valence-corrected chi connectivity index (χ1v) is 17.3. The van der Waals surface area contributed by atoms with Crippen LogP contribution in [0.3, 0.4) is 0 Å². The average molecular weight is 642 g/mol. The second kappa shape index (κ2) is 13.0. The Hall–Kier alpha value is -2.89. The van der Waals surface area contributed by atoms with E-state index in [1.807, 2.05) is 29.2 Å². The molecule has 0 unspecified atom stereocenters. The van der Waals surface area contributed by atoms with Crippen molar-refractivity contribution in [2.45, 2.75) is 62.8 Å². The third kappa shape index (κ3) is 8.19. The van der Waals surface area contributed by atoms with Gasteiger partial charge in [0.25, 0.3) is 0 Å². The quantitative estimate of drug-likeness (QED) is 0.496. The molecule has 1 N–H and O–H groups in total. The van der Waals surface area contributed by atoms with Gasteiger partial charge in [0.2, 0.25) is 5.91 Å². The Morgan fingerprint density at radius 2 is 1.77 bits per heavy atom. The zero-order chi connectivity index (χ0) is 30.7. The normalized spacial score (nSPS) is 23.4. The van der Waals surface area contributed by atoms with Gasteiger partial charge in [-0.1, -0.05) is 42.7 Å². The molecule has 4 fully saturated rings. The van der Waals surface area contributed by atoms with Crippen LogP contribution in [0.2, 0.25) is 0 Å². The van der Waals surface area contributed by atoms with Crippen LogP contribution in [0.15, 0.2) is 30.5 Å². The molecule has 2 aromatic rings. The summed E-state index contributed by atoms with van der Waals surface area (Å²) in [5.41, 5.74) is 1.39. The highest BCUT2D eigenvalue weighted by Gasteiger charge is 2.46. The maximum atomic E-state index is 12.9. The molecule has 1 amide bonds. The standard InChI is InChI=1S/C18H20F3N3O3S2.C11H16N2O.H2/c19-18(20,21)16-12-24(5-8-27-16)17-22-11-15(28-17)13-1-3-14(4-2-13)23-6-9-29(25,26)10-7-23;12-8-11(6-7-11)13-10(14)9-4-2-1-3-5-9;/h1-4,11,16H,5-10,12H2;9H,1-7H2,(H,13,14);1H/t16-;;/m1../s1. The van der Waals surface area contributed by atoms with Crippen LogP contribution < -0.4 is 15.1 Å². The van der Waals surface area contributed by atoms with Crippen molar-refractivity contribution in [3.05, 3.63) is 30.5 Å². The van der Waals surface area contributed by atoms with Crippen LogP contribution in [0.25, 0.3) is 10.4 Å². The second-order valence-corrected chi connectivity index (χ2v) is 14.9. The van der Waals surface area contributed by atoms with Gasteiger partial charge in [-0.25, -0.2) is 13.4 Å². The van der Waals surface area contributed by atoms with E-state index in [9.17, 15) is 26.4 Å². The lowest BCUT2D eigenvalue weighted by atomic mass is 9.88. The van der Waals surface area contributed by atoms with Gasteiger partial charge in [-0.3, -0.25) is 4.79 Å². The number of thiazole rings is 1. The first kappa shape index (κ1) is 31.5. The van der Waals surface area contributed by atoms with Crippen molar-refractivity contribution in [3.63, 3.8) is 0 Å². The maximum absolute atomic E-state index is 12.9. The number of nitrogens with one attached hydrogen (secondary N) is 1. The summed E-state index contributed by atoms with van der Waals surface area (Å²) in [7, 11) is -2.93. The Morgan fingerprint density at radius 3 is 2.37 bits per heavy atom. The number of ether oxygens (including phenoxy) is 1. The first-order chi connectivity index (χ1) is 20.5. The molecule has 0 spiro atoms. The van der Waals surface area contributed by atoms with E-state index in [2.05, 4.69) is 16.4 Å². The van der Waals surface area contributed by atoms with Gasteiger partial charge in [-0.05, 0) is 43.4 Å². The number of amides is 1. The number of anilines is 2. The minimum Gasteiger partial charge on any atom is -0.369 e. The predicted molar refractivity (Wildman–Crippen MR) is 161 cm³/mol. The third-order valence-corrected chi connectivity index (χ3v) is 11.1. The molecule has 43 heavy (non-hydrogen) atoms. The third-order valence-electron chi connectivity index (χ3n) is 8.36. The SMILES string of the molecule is N#CC1(NC(=O)C2CCCCC2)CC1.O=S1(=O)CCN(c2ccc(-c3cnc(N4CCO[C@@H](C(F)(F)F)C4)s3)cc2)CC1.[HH]. The zero-order valence-electron chi connectivity index (χ0n) is 23.8. The molecule has 3 heterocycles.